The van der Waals surface area contributed by atoms with Gasteiger partial charge < -0.3 is 5.73 Å². The highest BCUT2D eigenvalue weighted by molar-refractivity contribution is 7.89. The number of benzene rings is 1. The Morgan fingerprint density at radius 3 is 2.53 bits per heavy atom. The largest absolute Gasteiger partial charge is 0.399 e. The van der Waals surface area contributed by atoms with Crippen molar-refractivity contribution in [3.05, 3.63) is 54.0 Å². The molecule has 2 aromatic rings. The van der Waals surface area contributed by atoms with E-state index in [9.17, 15) is 12.8 Å². The third-order valence-electron chi connectivity index (χ3n) is 2.43. The highest BCUT2D eigenvalue weighted by atomic mass is 32.2. The van der Waals surface area contributed by atoms with Crippen molar-refractivity contribution in [1.29, 1.82) is 0 Å². The molecule has 0 radical (unpaired) electrons. The molecule has 0 amide bonds. The number of halogens is 1. The molecule has 0 aliphatic heterocycles. The lowest BCUT2D eigenvalue weighted by Crippen LogP contribution is -2.25. The number of sulfonamides is 1. The summed E-state index contributed by atoms with van der Waals surface area (Å²) in [5.41, 5.74) is 6.82. The van der Waals surface area contributed by atoms with Gasteiger partial charge in [-0.1, -0.05) is 12.1 Å². The molecule has 0 saturated carbocycles. The molecule has 7 heteroatoms. The number of rotatable bonds is 4. The molecule has 0 unspecified atom stereocenters. The first-order valence-electron chi connectivity index (χ1n) is 5.43. The van der Waals surface area contributed by atoms with Crippen molar-refractivity contribution >= 4 is 15.7 Å². The van der Waals surface area contributed by atoms with Crippen molar-refractivity contribution in [2.24, 2.45) is 0 Å². The lowest BCUT2D eigenvalue weighted by atomic mass is 10.2. The van der Waals surface area contributed by atoms with Crippen LogP contribution in [0.4, 0.5) is 10.1 Å². The van der Waals surface area contributed by atoms with Crippen LogP contribution in [0.25, 0.3) is 0 Å². The first kappa shape index (κ1) is 13.4. The number of nitrogens with zero attached hydrogens (tertiary/aromatic N) is 1. The molecule has 100 valence electrons. The van der Waals surface area contributed by atoms with E-state index in [1.54, 1.807) is 24.3 Å². The maximum Gasteiger partial charge on any atom is 0.261 e. The Morgan fingerprint density at radius 1 is 1.21 bits per heavy atom. The van der Waals surface area contributed by atoms with E-state index in [0.29, 0.717) is 11.3 Å². The molecule has 1 aromatic heterocycles. The highest BCUT2D eigenvalue weighted by Crippen LogP contribution is 2.11. The average Bonchev–Trinajstić information content (AvgIpc) is 2.38. The van der Waals surface area contributed by atoms with Crippen LogP contribution in [0, 0.1) is 5.82 Å². The average molecular weight is 281 g/mol. The van der Waals surface area contributed by atoms with Gasteiger partial charge in [0.25, 0.3) is 10.0 Å². The Kier molecular flexibility index (Phi) is 3.77. The topological polar surface area (TPSA) is 85.1 Å². The summed E-state index contributed by atoms with van der Waals surface area (Å²) in [5.74, 6) is -0.882. The number of hydrogen-bond donors (Lipinski definition) is 2. The summed E-state index contributed by atoms with van der Waals surface area (Å²) in [6, 6.07) is 9.06. The Balaban J connectivity index is 2.14. The summed E-state index contributed by atoms with van der Waals surface area (Å²) < 4.78 is 39.4. The molecule has 1 aromatic carbocycles. The zero-order chi connectivity index (χ0) is 13.9. The van der Waals surface area contributed by atoms with E-state index in [4.69, 9.17) is 5.73 Å². The molecule has 0 fully saturated rings. The normalized spacial score (nSPS) is 11.4. The number of aromatic nitrogens is 1. The predicted molar refractivity (Wildman–Crippen MR) is 69.1 cm³/mol. The number of anilines is 1. The summed E-state index contributed by atoms with van der Waals surface area (Å²) in [4.78, 5) is 3.53. The lowest BCUT2D eigenvalue weighted by Gasteiger charge is -2.07. The molecule has 0 spiro atoms. The minimum atomic E-state index is -3.97. The molecule has 5 nitrogen and oxygen atoms in total. The highest BCUT2D eigenvalue weighted by Gasteiger charge is 2.19. The van der Waals surface area contributed by atoms with Crippen molar-refractivity contribution < 1.29 is 12.8 Å². The second kappa shape index (κ2) is 5.33. The summed E-state index contributed by atoms with van der Waals surface area (Å²) >= 11 is 0. The quantitative estimate of drug-likeness (QED) is 0.827. The Bertz CT molecular complexity index is 672. The molecule has 1 heterocycles. The van der Waals surface area contributed by atoms with Gasteiger partial charge in [0.05, 0.1) is 0 Å². The first-order valence-corrected chi connectivity index (χ1v) is 6.92. The van der Waals surface area contributed by atoms with E-state index in [-0.39, 0.29) is 6.54 Å². The molecule has 2 rings (SSSR count). The zero-order valence-corrected chi connectivity index (χ0v) is 10.7. The van der Waals surface area contributed by atoms with Gasteiger partial charge in [-0.25, -0.2) is 22.5 Å². The van der Waals surface area contributed by atoms with Crippen molar-refractivity contribution in [3.8, 4) is 0 Å². The van der Waals surface area contributed by atoms with Gasteiger partial charge in [0.2, 0.25) is 5.03 Å². The molecule has 0 bridgehead atoms. The summed E-state index contributed by atoms with van der Waals surface area (Å²) in [5, 5.41) is -0.606. The lowest BCUT2D eigenvalue weighted by molar-refractivity contribution is 0.544. The number of nitrogens with two attached hydrogens (primary N) is 1. The third-order valence-corrected chi connectivity index (χ3v) is 3.76. The van der Waals surface area contributed by atoms with Crippen LogP contribution in [0.3, 0.4) is 0 Å². The second-order valence-electron chi connectivity index (χ2n) is 3.86. The monoisotopic (exact) mass is 281 g/mol. The maximum absolute atomic E-state index is 13.4. The van der Waals surface area contributed by atoms with Crippen LogP contribution in [0.1, 0.15) is 5.56 Å². The molecule has 0 atom stereocenters. The minimum absolute atomic E-state index is 0.0403. The first-order chi connectivity index (χ1) is 8.99. The van der Waals surface area contributed by atoms with Gasteiger partial charge in [-0.05, 0) is 29.8 Å². The van der Waals surface area contributed by atoms with Gasteiger partial charge >= 0.3 is 0 Å². The zero-order valence-electron chi connectivity index (χ0n) is 9.88. The second-order valence-corrected chi connectivity index (χ2v) is 5.54. The van der Waals surface area contributed by atoms with Crippen LogP contribution >= 0.6 is 0 Å². The van der Waals surface area contributed by atoms with Crippen molar-refractivity contribution in [2.75, 3.05) is 5.73 Å². The molecule has 0 saturated heterocycles. The fourth-order valence-electron chi connectivity index (χ4n) is 1.45. The molecular weight excluding hydrogens is 269 g/mol. The number of nitrogen functional groups attached to an aromatic ring is 1. The van der Waals surface area contributed by atoms with Gasteiger partial charge in [0.15, 0.2) is 5.82 Å². The molecule has 3 N–H and O–H groups in total. The van der Waals surface area contributed by atoms with Crippen LogP contribution in [-0.2, 0) is 16.6 Å². The summed E-state index contributed by atoms with van der Waals surface area (Å²) in [6.45, 7) is 0.0403. The number of pyridine rings is 1. The maximum atomic E-state index is 13.4. The fraction of sp³-hybridized carbons (Fsp3) is 0.0833. The molecule has 0 aliphatic rings. The Morgan fingerprint density at radius 2 is 1.89 bits per heavy atom. The van der Waals surface area contributed by atoms with Crippen molar-refractivity contribution in [1.82, 2.24) is 9.71 Å². The standard InChI is InChI=1S/C12H12FN3O2S/c13-11-2-1-7-15-12(11)19(17,18)16-8-9-3-5-10(14)6-4-9/h1-7,16H,8,14H2. The third kappa shape index (κ3) is 3.27. The van der Waals surface area contributed by atoms with E-state index in [1.807, 2.05) is 0 Å². The smallest absolute Gasteiger partial charge is 0.261 e. The van der Waals surface area contributed by atoms with Crippen LogP contribution in [0.2, 0.25) is 0 Å². The Labute approximate surface area is 110 Å². The molecular formula is C12H12FN3O2S. The van der Waals surface area contributed by atoms with E-state index >= 15 is 0 Å². The number of hydrogen-bond acceptors (Lipinski definition) is 4. The van der Waals surface area contributed by atoms with Crippen LogP contribution < -0.4 is 10.5 Å². The number of nitrogens with one attached hydrogen (secondary N) is 1. The van der Waals surface area contributed by atoms with Gasteiger partial charge in [-0.3, -0.25) is 0 Å². The van der Waals surface area contributed by atoms with Crippen LogP contribution in [0.5, 0.6) is 0 Å². The van der Waals surface area contributed by atoms with Crippen LogP contribution in [-0.4, -0.2) is 13.4 Å². The molecule has 19 heavy (non-hydrogen) atoms. The van der Waals surface area contributed by atoms with E-state index in [2.05, 4.69) is 9.71 Å². The van der Waals surface area contributed by atoms with E-state index in [0.717, 1.165) is 6.07 Å². The van der Waals surface area contributed by atoms with E-state index < -0.39 is 20.9 Å². The summed E-state index contributed by atoms with van der Waals surface area (Å²) in [6.07, 6.45) is 1.22. The Hall–Kier alpha value is -1.99. The van der Waals surface area contributed by atoms with Gasteiger partial charge in [-0.15, -0.1) is 0 Å². The van der Waals surface area contributed by atoms with Crippen molar-refractivity contribution in [3.63, 3.8) is 0 Å². The molecule has 0 aliphatic carbocycles. The summed E-state index contributed by atoms with van der Waals surface area (Å²) in [7, 11) is -3.97. The van der Waals surface area contributed by atoms with Gasteiger partial charge in [-0.2, -0.15) is 0 Å². The predicted octanol–water partition coefficient (Wildman–Crippen LogP) is 1.28. The SMILES string of the molecule is Nc1ccc(CNS(=O)(=O)c2ncccc2F)cc1. The van der Waals surface area contributed by atoms with Crippen molar-refractivity contribution in [2.45, 2.75) is 11.6 Å². The van der Waals surface area contributed by atoms with Gasteiger partial charge in [0, 0.05) is 18.4 Å². The van der Waals surface area contributed by atoms with Crippen LogP contribution in [0.15, 0.2) is 47.6 Å². The van der Waals surface area contributed by atoms with Gasteiger partial charge in [0.1, 0.15) is 0 Å². The fourth-order valence-corrected chi connectivity index (χ4v) is 2.47. The minimum Gasteiger partial charge on any atom is -0.399 e. The van der Waals surface area contributed by atoms with E-state index in [1.165, 1.54) is 12.3 Å².